The number of anilines is 1. The number of hydrogen-bond acceptors (Lipinski definition) is 4. The summed E-state index contributed by atoms with van der Waals surface area (Å²) in [7, 11) is 0. The van der Waals surface area contributed by atoms with Gasteiger partial charge in [-0.15, -0.1) is 0 Å². The van der Waals surface area contributed by atoms with E-state index in [9.17, 15) is 22.4 Å². The molecule has 1 aromatic heterocycles. The molecule has 2 rings (SSSR count). The molecule has 1 unspecified atom stereocenters. The molecule has 5 nitrogen and oxygen atoms in total. The molecule has 0 aliphatic carbocycles. The van der Waals surface area contributed by atoms with Crippen molar-refractivity contribution in [2.24, 2.45) is 5.41 Å². The lowest BCUT2D eigenvalue weighted by molar-refractivity contribution is -0.225. The number of rotatable bonds is 2. The molecule has 2 heterocycles. The summed E-state index contributed by atoms with van der Waals surface area (Å²) >= 11 is 0. The molecule has 110 valence electrons. The van der Waals surface area contributed by atoms with E-state index in [-0.39, 0.29) is 18.1 Å². The van der Waals surface area contributed by atoms with Crippen molar-refractivity contribution < 1.29 is 27.5 Å². The molecule has 0 bridgehead atoms. The standard InChI is InChI=1S/C11H11F4N3O2/c1-6-7(12)8(17-5-16-6)18-3-2-10(4-18,9(19)20)11(13,14)15/h5H,2-4H2,1H3,(H,19,20). The Hall–Kier alpha value is -1.93. The van der Waals surface area contributed by atoms with E-state index in [1.165, 1.54) is 6.92 Å². The molecule has 1 atom stereocenters. The number of carboxylic acid groups (broad SMARTS) is 1. The van der Waals surface area contributed by atoms with E-state index in [1.54, 1.807) is 0 Å². The number of alkyl halides is 3. The highest BCUT2D eigenvalue weighted by molar-refractivity contribution is 5.77. The summed E-state index contributed by atoms with van der Waals surface area (Å²) in [5.74, 6) is -3.10. The Labute approximate surface area is 111 Å². The van der Waals surface area contributed by atoms with Crippen LogP contribution in [0, 0.1) is 18.2 Å². The Morgan fingerprint density at radius 1 is 1.45 bits per heavy atom. The number of halogens is 4. The molecule has 0 spiro atoms. The first-order chi connectivity index (χ1) is 9.19. The van der Waals surface area contributed by atoms with E-state index in [1.807, 2.05) is 0 Å². The van der Waals surface area contributed by atoms with Crippen LogP contribution in [0.5, 0.6) is 0 Å². The molecule has 1 aromatic rings. The van der Waals surface area contributed by atoms with Crippen LogP contribution in [0.3, 0.4) is 0 Å². The van der Waals surface area contributed by atoms with Crippen LogP contribution < -0.4 is 4.90 Å². The highest BCUT2D eigenvalue weighted by Gasteiger charge is 2.64. The lowest BCUT2D eigenvalue weighted by Gasteiger charge is -2.27. The first-order valence-electron chi connectivity index (χ1n) is 5.71. The summed E-state index contributed by atoms with van der Waals surface area (Å²) in [5.41, 5.74) is -2.90. The number of hydrogen-bond donors (Lipinski definition) is 1. The van der Waals surface area contributed by atoms with Crippen LogP contribution in [0.15, 0.2) is 6.33 Å². The summed E-state index contributed by atoms with van der Waals surface area (Å²) in [4.78, 5) is 19.2. The zero-order valence-corrected chi connectivity index (χ0v) is 10.4. The van der Waals surface area contributed by atoms with Gasteiger partial charge < -0.3 is 10.0 Å². The van der Waals surface area contributed by atoms with E-state index in [2.05, 4.69) is 9.97 Å². The van der Waals surface area contributed by atoms with Crippen LogP contribution >= 0.6 is 0 Å². The van der Waals surface area contributed by atoms with Gasteiger partial charge in [0.25, 0.3) is 0 Å². The van der Waals surface area contributed by atoms with Crippen molar-refractivity contribution in [3.05, 3.63) is 17.8 Å². The molecule has 20 heavy (non-hydrogen) atoms. The third kappa shape index (κ3) is 2.06. The predicted octanol–water partition coefficient (Wildman–Crippen LogP) is 1.77. The lowest BCUT2D eigenvalue weighted by atomic mass is 9.86. The fourth-order valence-corrected chi connectivity index (χ4v) is 2.18. The van der Waals surface area contributed by atoms with Gasteiger partial charge in [-0.05, 0) is 13.3 Å². The Morgan fingerprint density at radius 2 is 2.10 bits per heavy atom. The Balaban J connectivity index is 2.36. The van der Waals surface area contributed by atoms with Crippen molar-refractivity contribution in [3.63, 3.8) is 0 Å². The predicted molar refractivity (Wildman–Crippen MR) is 59.7 cm³/mol. The molecular formula is C11H11F4N3O2. The Morgan fingerprint density at radius 3 is 2.60 bits per heavy atom. The number of aromatic nitrogens is 2. The zero-order valence-electron chi connectivity index (χ0n) is 10.4. The number of aliphatic carboxylic acids is 1. The fourth-order valence-electron chi connectivity index (χ4n) is 2.18. The van der Waals surface area contributed by atoms with Crippen LogP contribution in [0.4, 0.5) is 23.4 Å². The molecule has 1 aliphatic heterocycles. The van der Waals surface area contributed by atoms with Gasteiger partial charge in [0.05, 0.1) is 5.69 Å². The van der Waals surface area contributed by atoms with Crippen LogP contribution in [-0.4, -0.2) is 40.3 Å². The second-order valence-electron chi connectivity index (χ2n) is 4.65. The molecule has 0 saturated carbocycles. The van der Waals surface area contributed by atoms with Gasteiger partial charge in [-0.3, -0.25) is 4.79 Å². The van der Waals surface area contributed by atoms with Crippen molar-refractivity contribution in [3.8, 4) is 0 Å². The largest absolute Gasteiger partial charge is 0.481 e. The first-order valence-corrected chi connectivity index (χ1v) is 5.71. The third-order valence-electron chi connectivity index (χ3n) is 3.47. The minimum atomic E-state index is -4.91. The van der Waals surface area contributed by atoms with Gasteiger partial charge in [-0.2, -0.15) is 13.2 Å². The molecule has 9 heteroatoms. The van der Waals surface area contributed by atoms with E-state index < -0.39 is 36.3 Å². The average Bonchev–Trinajstić information content (AvgIpc) is 2.78. The highest BCUT2D eigenvalue weighted by atomic mass is 19.4. The second kappa shape index (κ2) is 4.57. The quantitative estimate of drug-likeness (QED) is 0.842. The molecule has 0 aromatic carbocycles. The second-order valence-corrected chi connectivity index (χ2v) is 4.65. The molecule has 0 radical (unpaired) electrons. The van der Waals surface area contributed by atoms with E-state index in [0.717, 1.165) is 11.2 Å². The Bertz CT molecular complexity index is 549. The maximum Gasteiger partial charge on any atom is 0.406 e. The number of carboxylic acids is 1. The van der Waals surface area contributed by atoms with Crippen LogP contribution in [0.1, 0.15) is 12.1 Å². The van der Waals surface area contributed by atoms with Crippen LogP contribution in [-0.2, 0) is 4.79 Å². The average molecular weight is 293 g/mol. The maximum atomic E-state index is 13.8. The maximum absolute atomic E-state index is 13.8. The molecular weight excluding hydrogens is 282 g/mol. The lowest BCUT2D eigenvalue weighted by Crippen LogP contribution is -2.47. The minimum absolute atomic E-state index is 0.00478. The van der Waals surface area contributed by atoms with Gasteiger partial charge in [0.2, 0.25) is 0 Å². The Kier molecular flexibility index (Phi) is 3.31. The van der Waals surface area contributed by atoms with Gasteiger partial charge in [-0.1, -0.05) is 0 Å². The first kappa shape index (κ1) is 14.5. The normalized spacial score (nSPS) is 23.1. The van der Waals surface area contributed by atoms with Crippen molar-refractivity contribution in [1.82, 2.24) is 9.97 Å². The highest BCUT2D eigenvalue weighted by Crippen LogP contribution is 2.46. The third-order valence-corrected chi connectivity index (χ3v) is 3.47. The van der Waals surface area contributed by atoms with Crippen LogP contribution in [0.2, 0.25) is 0 Å². The molecule has 0 amide bonds. The van der Waals surface area contributed by atoms with Gasteiger partial charge in [0.15, 0.2) is 17.1 Å². The number of nitrogens with zero attached hydrogens (tertiary/aromatic N) is 3. The minimum Gasteiger partial charge on any atom is -0.481 e. The smallest absolute Gasteiger partial charge is 0.406 e. The van der Waals surface area contributed by atoms with E-state index in [4.69, 9.17) is 5.11 Å². The van der Waals surface area contributed by atoms with Crippen molar-refractivity contribution in [2.45, 2.75) is 19.5 Å². The van der Waals surface area contributed by atoms with Crippen molar-refractivity contribution >= 4 is 11.8 Å². The summed E-state index contributed by atoms with van der Waals surface area (Å²) in [5, 5.41) is 8.91. The van der Waals surface area contributed by atoms with Gasteiger partial charge in [0, 0.05) is 13.1 Å². The molecule has 1 fully saturated rings. The monoisotopic (exact) mass is 293 g/mol. The summed E-state index contributed by atoms with van der Waals surface area (Å²) < 4.78 is 52.8. The fraction of sp³-hybridized carbons (Fsp3) is 0.545. The summed E-state index contributed by atoms with van der Waals surface area (Å²) in [6.07, 6.45) is -4.53. The van der Waals surface area contributed by atoms with Gasteiger partial charge in [0.1, 0.15) is 6.33 Å². The number of aryl methyl sites for hydroxylation is 1. The topological polar surface area (TPSA) is 66.3 Å². The molecule has 1 aliphatic rings. The van der Waals surface area contributed by atoms with Crippen LogP contribution in [0.25, 0.3) is 0 Å². The van der Waals surface area contributed by atoms with Crippen molar-refractivity contribution in [2.75, 3.05) is 18.0 Å². The molecule has 1 N–H and O–H groups in total. The summed E-state index contributed by atoms with van der Waals surface area (Å²) in [6, 6.07) is 0. The molecule has 1 saturated heterocycles. The SMILES string of the molecule is Cc1ncnc(N2CCC(C(=O)O)(C(F)(F)F)C2)c1F. The van der Waals surface area contributed by atoms with Crippen molar-refractivity contribution in [1.29, 1.82) is 0 Å². The van der Waals surface area contributed by atoms with E-state index in [0.29, 0.717) is 0 Å². The zero-order chi connectivity index (χ0) is 15.1. The number of carbonyl (C=O) groups is 1. The van der Waals surface area contributed by atoms with E-state index >= 15 is 0 Å². The van der Waals surface area contributed by atoms with Gasteiger partial charge in [-0.25, -0.2) is 14.4 Å². The summed E-state index contributed by atoms with van der Waals surface area (Å²) in [6.45, 7) is 0.253. The van der Waals surface area contributed by atoms with Gasteiger partial charge >= 0.3 is 12.1 Å².